The maximum absolute atomic E-state index is 11.1. The third kappa shape index (κ3) is 2.43. The smallest absolute Gasteiger partial charge is 0.220 e. The van der Waals surface area contributed by atoms with Gasteiger partial charge in [-0.1, -0.05) is 38.1 Å². The van der Waals surface area contributed by atoms with Crippen molar-refractivity contribution in [3.63, 3.8) is 0 Å². The average molecular weight is 217 g/mol. The van der Waals surface area contributed by atoms with Crippen LogP contribution in [-0.2, 0) is 4.79 Å². The van der Waals surface area contributed by atoms with Crippen LogP contribution in [0, 0.1) is 0 Å². The minimum Gasteiger partial charge on any atom is -0.355 e. The summed E-state index contributed by atoms with van der Waals surface area (Å²) in [6.07, 6.45) is 1.64. The van der Waals surface area contributed by atoms with Gasteiger partial charge in [0.2, 0.25) is 5.91 Å². The summed E-state index contributed by atoms with van der Waals surface area (Å²) in [5.41, 5.74) is 2.73. The first-order valence-electron chi connectivity index (χ1n) is 6.03. The Kier molecular flexibility index (Phi) is 3.28. The van der Waals surface area contributed by atoms with Gasteiger partial charge in [0, 0.05) is 18.9 Å². The predicted octanol–water partition coefficient (Wildman–Crippen LogP) is 2.80. The lowest BCUT2D eigenvalue weighted by atomic mass is 9.90. The van der Waals surface area contributed by atoms with E-state index in [4.69, 9.17) is 0 Å². The zero-order valence-corrected chi connectivity index (χ0v) is 9.99. The molecule has 1 aromatic carbocycles. The van der Waals surface area contributed by atoms with Crippen LogP contribution in [0.15, 0.2) is 24.3 Å². The number of rotatable bonds is 2. The molecule has 1 aliphatic heterocycles. The first-order valence-corrected chi connectivity index (χ1v) is 6.03. The molecule has 2 rings (SSSR count). The minimum absolute atomic E-state index is 0.190. The molecule has 1 atom stereocenters. The summed E-state index contributed by atoms with van der Waals surface area (Å²) in [5.74, 6) is 1.27. The summed E-state index contributed by atoms with van der Waals surface area (Å²) < 4.78 is 0. The molecule has 86 valence electrons. The first-order chi connectivity index (χ1) is 7.66. The topological polar surface area (TPSA) is 29.1 Å². The normalized spacial score (nSPS) is 20.9. The number of carbonyl (C=O) groups excluding carboxylic acids is 1. The second-order valence-electron chi connectivity index (χ2n) is 4.86. The van der Waals surface area contributed by atoms with Crippen molar-refractivity contribution in [2.75, 3.05) is 6.54 Å². The van der Waals surface area contributed by atoms with E-state index in [0.717, 1.165) is 13.0 Å². The Hall–Kier alpha value is -1.31. The largest absolute Gasteiger partial charge is 0.355 e. The summed E-state index contributed by atoms with van der Waals surface area (Å²) in [6.45, 7) is 5.20. The fourth-order valence-electron chi connectivity index (χ4n) is 2.17. The van der Waals surface area contributed by atoms with Gasteiger partial charge in [-0.3, -0.25) is 4.79 Å². The van der Waals surface area contributed by atoms with E-state index in [0.29, 0.717) is 18.3 Å². The predicted molar refractivity (Wildman–Crippen MR) is 65.5 cm³/mol. The summed E-state index contributed by atoms with van der Waals surface area (Å²) in [5, 5.41) is 2.93. The average Bonchev–Trinajstić information content (AvgIpc) is 2.30. The molecule has 1 unspecified atom stereocenters. The van der Waals surface area contributed by atoms with Crippen molar-refractivity contribution in [3.8, 4) is 0 Å². The zero-order valence-electron chi connectivity index (χ0n) is 9.99. The van der Waals surface area contributed by atoms with Crippen molar-refractivity contribution in [3.05, 3.63) is 35.4 Å². The lowest BCUT2D eigenvalue weighted by Gasteiger charge is -2.23. The molecule has 1 heterocycles. The van der Waals surface area contributed by atoms with Crippen LogP contribution >= 0.6 is 0 Å². The summed E-state index contributed by atoms with van der Waals surface area (Å²) in [4.78, 5) is 11.1. The molecule has 1 aromatic rings. The Morgan fingerprint density at radius 2 is 1.94 bits per heavy atom. The number of amides is 1. The lowest BCUT2D eigenvalue weighted by Crippen LogP contribution is -2.33. The van der Waals surface area contributed by atoms with Crippen molar-refractivity contribution in [1.82, 2.24) is 5.32 Å². The molecule has 1 amide bonds. The van der Waals surface area contributed by atoms with E-state index in [9.17, 15) is 4.79 Å². The van der Waals surface area contributed by atoms with Crippen LogP contribution in [0.2, 0.25) is 0 Å². The van der Waals surface area contributed by atoms with Crippen LogP contribution in [0.4, 0.5) is 0 Å². The van der Waals surface area contributed by atoms with Gasteiger partial charge in [-0.05, 0) is 23.5 Å². The van der Waals surface area contributed by atoms with Gasteiger partial charge in [0.1, 0.15) is 0 Å². The SMILES string of the molecule is CC(C)c1ccc(C2CCC(=O)NC2)cc1. The Morgan fingerprint density at radius 3 is 2.44 bits per heavy atom. The van der Waals surface area contributed by atoms with Crippen LogP contribution in [-0.4, -0.2) is 12.5 Å². The third-order valence-electron chi connectivity index (χ3n) is 3.34. The summed E-state index contributed by atoms with van der Waals surface area (Å²) >= 11 is 0. The van der Waals surface area contributed by atoms with Crippen LogP contribution < -0.4 is 5.32 Å². The molecule has 0 aromatic heterocycles. The standard InChI is InChI=1S/C14H19NO/c1-10(2)11-3-5-12(6-4-11)13-7-8-14(16)15-9-13/h3-6,10,13H,7-9H2,1-2H3,(H,15,16). The van der Waals surface area contributed by atoms with Crippen molar-refractivity contribution >= 4 is 5.91 Å². The minimum atomic E-state index is 0.190. The highest BCUT2D eigenvalue weighted by molar-refractivity contribution is 5.76. The Bertz CT molecular complexity index is 357. The molecular weight excluding hydrogens is 198 g/mol. The Morgan fingerprint density at radius 1 is 1.25 bits per heavy atom. The molecule has 16 heavy (non-hydrogen) atoms. The van der Waals surface area contributed by atoms with Gasteiger partial charge in [0.25, 0.3) is 0 Å². The van der Waals surface area contributed by atoms with Crippen molar-refractivity contribution in [2.45, 2.75) is 38.5 Å². The highest BCUT2D eigenvalue weighted by atomic mass is 16.1. The molecule has 0 aliphatic carbocycles. The lowest BCUT2D eigenvalue weighted by molar-refractivity contribution is -0.122. The van der Waals surface area contributed by atoms with Gasteiger partial charge in [-0.2, -0.15) is 0 Å². The molecule has 0 spiro atoms. The second-order valence-corrected chi connectivity index (χ2v) is 4.86. The molecule has 2 heteroatoms. The zero-order chi connectivity index (χ0) is 11.5. The molecule has 1 fully saturated rings. The third-order valence-corrected chi connectivity index (χ3v) is 3.34. The number of benzene rings is 1. The Labute approximate surface area is 97.1 Å². The quantitative estimate of drug-likeness (QED) is 0.811. The maximum atomic E-state index is 11.1. The van der Waals surface area contributed by atoms with Gasteiger partial charge in [-0.25, -0.2) is 0 Å². The highest BCUT2D eigenvalue weighted by Crippen LogP contribution is 2.25. The number of carbonyl (C=O) groups is 1. The molecule has 0 saturated carbocycles. The van der Waals surface area contributed by atoms with Crippen molar-refractivity contribution < 1.29 is 4.79 Å². The Balaban J connectivity index is 2.07. The van der Waals surface area contributed by atoms with E-state index in [1.807, 2.05) is 0 Å². The molecule has 1 saturated heterocycles. The number of hydrogen-bond acceptors (Lipinski definition) is 1. The van der Waals surface area contributed by atoms with E-state index in [1.54, 1.807) is 0 Å². The van der Waals surface area contributed by atoms with E-state index >= 15 is 0 Å². The first kappa shape index (κ1) is 11.2. The maximum Gasteiger partial charge on any atom is 0.220 e. The van der Waals surface area contributed by atoms with Gasteiger partial charge in [0.05, 0.1) is 0 Å². The molecule has 2 nitrogen and oxygen atoms in total. The van der Waals surface area contributed by atoms with E-state index < -0.39 is 0 Å². The van der Waals surface area contributed by atoms with Gasteiger partial charge in [0.15, 0.2) is 0 Å². The fourth-order valence-corrected chi connectivity index (χ4v) is 2.17. The molecule has 1 aliphatic rings. The van der Waals surface area contributed by atoms with E-state index in [1.165, 1.54) is 11.1 Å². The monoisotopic (exact) mass is 217 g/mol. The summed E-state index contributed by atoms with van der Waals surface area (Å²) in [6, 6.07) is 8.82. The van der Waals surface area contributed by atoms with Gasteiger partial charge in [-0.15, -0.1) is 0 Å². The number of piperidine rings is 1. The van der Waals surface area contributed by atoms with Crippen molar-refractivity contribution in [2.24, 2.45) is 0 Å². The number of hydrogen-bond donors (Lipinski definition) is 1. The molecule has 1 N–H and O–H groups in total. The molecule has 0 bridgehead atoms. The summed E-state index contributed by atoms with van der Waals surface area (Å²) in [7, 11) is 0. The number of nitrogens with one attached hydrogen (secondary N) is 1. The van der Waals surface area contributed by atoms with Gasteiger partial charge >= 0.3 is 0 Å². The van der Waals surface area contributed by atoms with Crippen LogP contribution in [0.3, 0.4) is 0 Å². The van der Waals surface area contributed by atoms with E-state index in [-0.39, 0.29) is 5.91 Å². The van der Waals surface area contributed by atoms with Crippen LogP contribution in [0.25, 0.3) is 0 Å². The fraction of sp³-hybridized carbons (Fsp3) is 0.500. The van der Waals surface area contributed by atoms with Crippen LogP contribution in [0.5, 0.6) is 0 Å². The molecular formula is C14H19NO. The van der Waals surface area contributed by atoms with Crippen molar-refractivity contribution in [1.29, 1.82) is 0 Å². The highest BCUT2D eigenvalue weighted by Gasteiger charge is 2.19. The van der Waals surface area contributed by atoms with Gasteiger partial charge < -0.3 is 5.32 Å². The second kappa shape index (κ2) is 4.69. The van der Waals surface area contributed by atoms with Crippen LogP contribution in [0.1, 0.15) is 49.7 Å². The van der Waals surface area contributed by atoms with E-state index in [2.05, 4.69) is 43.4 Å². The molecule has 0 radical (unpaired) electrons.